The quantitative estimate of drug-likeness (QED) is 0.339. The van der Waals surface area contributed by atoms with Gasteiger partial charge in [0.05, 0.1) is 4.92 Å². The van der Waals surface area contributed by atoms with Gasteiger partial charge in [0.1, 0.15) is 5.60 Å². The summed E-state index contributed by atoms with van der Waals surface area (Å²) >= 11 is 0. The molecule has 2 aromatic rings. The van der Waals surface area contributed by atoms with Gasteiger partial charge in [0.25, 0.3) is 5.69 Å². The van der Waals surface area contributed by atoms with E-state index in [9.17, 15) is 19.7 Å². The lowest BCUT2D eigenvalue weighted by Crippen LogP contribution is -2.22. The fourth-order valence-electron chi connectivity index (χ4n) is 2.20. The molecule has 0 aliphatic heterocycles. The number of nitrogens with zero attached hydrogens (tertiary/aromatic N) is 1. The standard InChI is InChI=1S/C20H21N3O5/c1-20(2,3)28-18(24)13-8-14-6-4-5-7-17(14)22-19(25)21-15-9-11-16(12-10-15)23(26)27/h4-13H,1-3H3,(H2,21,22,25)/b13-8+. The van der Waals surface area contributed by atoms with Gasteiger partial charge in [-0.3, -0.25) is 10.1 Å². The number of amides is 2. The van der Waals surface area contributed by atoms with Crippen LogP contribution in [0.25, 0.3) is 6.08 Å². The number of non-ortho nitro benzene ring substituents is 1. The third kappa shape index (κ3) is 6.56. The monoisotopic (exact) mass is 383 g/mol. The van der Waals surface area contributed by atoms with E-state index in [-0.39, 0.29) is 5.69 Å². The number of esters is 1. The number of benzene rings is 2. The number of hydrogen-bond acceptors (Lipinski definition) is 5. The number of para-hydroxylation sites is 1. The number of carbonyl (C=O) groups excluding carboxylic acids is 2. The maximum atomic E-state index is 12.2. The Bertz CT molecular complexity index is 899. The summed E-state index contributed by atoms with van der Waals surface area (Å²) in [6.07, 6.45) is 2.84. The van der Waals surface area contributed by atoms with Crippen LogP contribution in [0, 0.1) is 10.1 Å². The van der Waals surface area contributed by atoms with E-state index in [1.54, 1.807) is 51.1 Å². The molecule has 2 rings (SSSR count). The minimum atomic E-state index is -0.593. The molecule has 2 aromatic carbocycles. The Morgan fingerprint density at radius 3 is 2.29 bits per heavy atom. The zero-order valence-corrected chi connectivity index (χ0v) is 15.8. The molecule has 0 spiro atoms. The van der Waals surface area contributed by atoms with Gasteiger partial charge in [-0.05, 0) is 50.6 Å². The van der Waals surface area contributed by atoms with Gasteiger partial charge in [-0.1, -0.05) is 18.2 Å². The summed E-state index contributed by atoms with van der Waals surface area (Å²) in [6, 6.07) is 11.9. The molecule has 146 valence electrons. The van der Waals surface area contributed by atoms with Crippen LogP contribution in [0.5, 0.6) is 0 Å². The molecular weight excluding hydrogens is 362 g/mol. The Balaban J connectivity index is 2.04. The number of urea groups is 1. The van der Waals surface area contributed by atoms with E-state index in [2.05, 4.69) is 10.6 Å². The maximum Gasteiger partial charge on any atom is 0.331 e. The molecule has 2 amide bonds. The first kappa shape index (κ1) is 20.6. The summed E-state index contributed by atoms with van der Waals surface area (Å²) in [7, 11) is 0. The van der Waals surface area contributed by atoms with Crippen LogP contribution in [-0.4, -0.2) is 22.5 Å². The highest BCUT2D eigenvalue weighted by Crippen LogP contribution is 2.19. The normalized spacial score (nSPS) is 11.1. The lowest BCUT2D eigenvalue weighted by molar-refractivity contribution is -0.384. The van der Waals surface area contributed by atoms with Gasteiger partial charge < -0.3 is 15.4 Å². The fourth-order valence-corrected chi connectivity index (χ4v) is 2.20. The molecule has 2 N–H and O–H groups in total. The Morgan fingerprint density at radius 2 is 1.68 bits per heavy atom. The van der Waals surface area contributed by atoms with Crippen LogP contribution in [0.4, 0.5) is 21.9 Å². The van der Waals surface area contributed by atoms with E-state index >= 15 is 0 Å². The number of nitro groups is 1. The van der Waals surface area contributed by atoms with E-state index in [4.69, 9.17) is 4.74 Å². The summed E-state index contributed by atoms with van der Waals surface area (Å²) in [5.74, 6) is -0.488. The van der Waals surface area contributed by atoms with Crippen LogP contribution in [0.3, 0.4) is 0 Å². The van der Waals surface area contributed by atoms with E-state index in [0.29, 0.717) is 16.9 Å². The SMILES string of the molecule is CC(C)(C)OC(=O)/C=C/c1ccccc1NC(=O)Nc1ccc([N+](=O)[O-])cc1. The second-order valence-corrected chi connectivity index (χ2v) is 6.84. The number of nitro benzene ring substituents is 1. The van der Waals surface area contributed by atoms with Gasteiger partial charge in [0.15, 0.2) is 0 Å². The van der Waals surface area contributed by atoms with Gasteiger partial charge in [-0.2, -0.15) is 0 Å². The maximum absolute atomic E-state index is 12.2. The van der Waals surface area contributed by atoms with Gasteiger partial charge >= 0.3 is 12.0 Å². The lowest BCUT2D eigenvalue weighted by Gasteiger charge is -2.18. The first-order valence-corrected chi connectivity index (χ1v) is 8.46. The second-order valence-electron chi connectivity index (χ2n) is 6.84. The average Bonchev–Trinajstić information content (AvgIpc) is 2.60. The van der Waals surface area contributed by atoms with Crippen LogP contribution >= 0.6 is 0 Å². The Labute approximate surface area is 162 Å². The molecule has 0 fully saturated rings. The molecule has 0 bridgehead atoms. The molecule has 0 aliphatic rings. The Hall–Kier alpha value is -3.68. The van der Waals surface area contributed by atoms with E-state index in [1.165, 1.54) is 30.3 Å². The number of anilines is 2. The van der Waals surface area contributed by atoms with Crippen LogP contribution in [0.15, 0.2) is 54.6 Å². The molecule has 0 saturated carbocycles. The highest BCUT2D eigenvalue weighted by atomic mass is 16.6. The Morgan fingerprint density at radius 1 is 1.04 bits per heavy atom. The molecule has 8 nitrogen and oxygen atoms in total. The fraction of sp³-hybridized carbons (Fsp3) is 0.200. The molecule has 0 radical (unpaired) electrons. The van der Waals surface area contributed by atoms with Crippen LogP contribution in [0.1, 0.15) is 26.3 Å². The van der Waals surface area contributed by atoms with Crippen molar-refractivity contribution in [1.82, 2.24) is 0 Å². The number of nitrogens with one attached hydrogen (secondary N) is 2. The predicted octanol–water partition coefficient (Wildman–Crippen LogP) is 4.59. The summed E-state index contributed by atoms with van der Waals surface area (Å²) in [6.45, 7) is 5.32. The first-order chi connectivity index (χ1) is 13.1. The van der Waals surface area contributed by atoms with E-state index < -0.39 is 22.5 Å². The van der Waals surface area contributed by atoms with Crippen LogP contribution in [0.2, 0.25) is 0 Å². The predicted molar refractivity (Wildman–Crippen MR) is 107 cm³/mol. The lowest BCUT2D eigenvalue weighted by atomic mass is 10.1. The van der Waals surface area contributed by atoms with Gasteiger partial charge in [0.2, 0.25) is 0 Å². The van der Waals surface area contributed by atoms with Crippen LogP contribution < -0.4 is 10.6 Å². The smallest absolute Gasteiger partial charge is 0.331 e. The molecule has 8 heteroatoms. The third-order valence-electron chi connectivity index (χ3n) is 3.35. The zero-order chi connectivity index (χ0) is 20.7. The van der Waals surface area contributed by atoms with Crippen molar-refractivity contribution in [2.24, 2.45) is 0 Å². The number of rotatable bonds is 5. The summed E-state index contributed by atoms with van der Waals surface area (Å²) in [4.78, 5) is 34.2. The summed E-state index contributed by atoms with van der Waals surface area (Å²) in [5.41, 5.74) is 0.853. The zero-order valence-electron chi connectivity index (χ0n) is 15.8. The van der Waals surface area contributed by atoms with Crippen molar-refractivity contribution >= 4 is 35.1 Å². The van der Waals surface area contributed by atoms with Crippen molar-refractivity contribution in [1.29, 1.82) is 0 Å². The van der Waals surface area contributed by atoms with E-state index in [0.717, 1.165) is 0 Å². The second kappa shape index (κ2) is 8.81. The summed E-state index contributed by atoms with van der Waals surface area (Å²) < 4.78 is 5.21. The highest BCUT2D eigenvalue weighted by molar-refractivity contribution is 6.01. The van der Waals surface area contributed by atoms with Crippen molar-refractivity contribution in [3.05, 3.63) is 70.3 Å². The molecule has 0 atom stereocenters. The van der Waals surface area contributed by atoms with Crippen molar-refractivity contribution in [2.75, 3.05) is 10.6 Å². The van der Waals surface area contributed by atoms with Crippen LogP contribution in [-0.2, 0) is 9.53 Å². The molecule has 0 unspecified atom stereocenters. The molecule has 0 aromatic heterocycles. The topological polar surface area (TPSA) is 111 Å². The largest absolute Gasteiger partial charge is 0.457 e. The van der Waals surface area contributed by atoms with Crippen molar-refractivity contribution in [3.8, 4) is 0 Å². The number of carbonyl (C=O) groups is 2. The average molecular weight is 383 g/mol. The number of hydrogen-bond donors (Lipinski definition) is 2. The molecular formula is C20H21N3O5. The Kier molecular flexibility index (Phi) is 6.49. The molecule has 28 heavy (non-hydrogen) atoms. The van der Waals surface area contributed by atoms with Crippen molar-refractivity contribution in [3.63, 3.8) is 0 Å². The van der Waals surface area contributed by atoms with E-state index in [1.807, 2.05) is 0 Å². The molecule has 0 saturated heterocycles. The number of ether oxygens (including phenoxy) is 1. The summed E-state index contributed by atoms with van der Waals surface area (Å²) in [5, 5.41) is 15.9. The van der Waals surface area contributed by atoms with Crippen molar-refractivity contribution in [2.45, 2.75) is 26.4 Å². The molecule has 0 heterocycles. The van der Waals surface area contributed by atoms with Gasteiger partial charge in [-0.25, -0.2) is 9.59 Å². The third-order valence-corrected chi connectivity index (χ3v) is 3.35. The highest BCUT2D eigenvalue weighted by Gasteiger charge is 2.14. The van der Waals surface area contributed by atoms with Gasteiger partial charge in [0, 0.05) is 29.6 Å². The molecule has 0 aliphatic carbocycles. The van der Waals surface area contributed by atoms with Crippen molar-refractivity contribution < 1.29 is 19.2 Å². The first-order valence-electron chi connectivity index (χ1n) is 8.46. The van der Waals surface area contributed by atoms with Gasteiger partial charge in [-0.15, -0.1) is 0 Å². The minimum Gasteiger partial charge on any atom is -0.457 e. The minimum absolute atomic E-state index is 0.0661.